The first kappa shape index (κ1) is 26.2. The zero-order valence-corrected chi connectivity index (χ0v) is 23.2. The number of nitrogens with zero attached hydrogens (tertiary/aromatic N) is 6. The van der Waals surface area contributed by atoms with E-state index < -0.39 is 0 Å². The minimum atomic E-state index is -0.307. The summed E-state index contributed by atoms with van der Waals surface area (Å²) in [6.45, 7) is 7.08. The Kier molecular flexibility index (Phi) is 7.20. The second-order valence-electron chi connectivity index (χ2n) is 10.2. The average molecular weight is 549 g/mol. The number of rotatable bonds is 7. The van der Waals surface area contributed by atoms with Gasteiger partial charge in [-0.2, -0.15) is 4.52 Å². The Labute approximate surface area is 238 Å². The molecule has 208 valence electrons. The van der Waals surface area contributed by atoms with Crippen molar-refractivity contribution < 1.29 is 9.59 Å². The number of anilines is 2. The Morgan fingerprint density at radius 3 is 2.39 bits per heavy atom. The van der Waals surface area contributed by atoms with Crippen molar-refractivity contribution in [3.05, 3.63) is 83.9 Å². The maximum Gasteiger partial charge on any atom is 0.245 e. The predicted molar refractivity (Wildman–Crippen MR) is 159 cm³/mol. The summed E-state index contributed by atoms with van der Waals surface area (Å²) in [4.78, 5) is 39.2. The standard InChI is InChI=1S/C31H32N8O2/c1-21-9-8-14-26(22(21)2)37-17-19-38(20-18-37)28(41)16-15-27(40)34-35-31-32-25-13-7-6-12-24(25)30-33-29(36-39(30)31)23-10-4-3-5-11-23/h3-14H,15-20H2,1-2H3,(H,32,35)(H,34,40). The molecule has 0 bridgehead atoms. The van der Waals surface area contributed by atoms with Crippen molar-refractivity contribution in [2.24, 2.45) is 0 Å². The van der Waals surface area contributed by atoms with Crippen LogP contribution >= 0.6 is 0 Å². The Hall–Kier alpha value is -4.99. The first-order chi connectivity index (χ1) is 20.0. The van der Waals surface area contributed by atoms with Crippen molar-refractivity contribution in [3.63, 3.8) is 0 Å². The van der Waals surface area contributed by atoms with Gasteiger partial charge in [-0.15, -0.1) is 5.10 Å². The fourth-order valence-electron chi connectivity index (χ4n) is 5.19. The highest BCUT2D eigenvalue weighted by Gasteiger charge is 2.23. The second kappa shape index (κ2) is 11.2. The summed E-state index contributed by atoms with van der Waals surface area (Å²) in [5, 5.41) is 5.50. The van der Waals surface area contributed by atoms with E-state index in [2.05, 4.69) is 57.9 Å². The summed E-state index contributed by atoms with van der Waals surface area (Å²) in [6.07, 6.45) is 0.200. The van der Waals surface area contributed by atoms with E-state index in [1.807, 2.05) is 59.5 Å². The van der Waals surface area contributed by atoms with E-state index in [-0.39, 0.29) is 24.7 Å². The molecule has 1 aliphatic heterocycles. The first-order valence-corrected chi connectivity index (χ1v) is 13.8. The summed E-state index contributed by atoms with van der Waals surface area (Å²) in [6, 6.07) is 23.7. The number of hydrogen-bond donors (Lipinski definition) is 2. The molecule has 6 rings (SSSR count). The van der Waals surface area contributed by atoms with Crippen molar-refractivity contribution in [2.75, 3.05) is 36.5 Å². The zero-order valence-electron chi connectivity index (χ0n) is 23.2. The molecule has 0 atom stereocenters. The molecule has 0 spiro atoms. The molecule has 5 aromatic rings. The molecule has 2 amide bonds. The van der Waals surface area contributed by atoms with Crippen LogP contribution in [-0.4, -0.2) is 62.5 Å². The molecule has 2 N–H and O–H groups in total. The van der Waals surface area contributed by atoms with E-state index in [0.29, 0.717) is 30.5 Å². The molecule has 41 heavy (non-hydrogen) atoms. The average Bonchev–Trinajstić information content (AvgIpc) is 3.47. The monoisotopic (exact) mass is 548 g/mol. The van der Waals surface area contributed by atoms with Gasteiger partial charge >= 0.3 is 0 Å². The van der Waals surface area contributed by atoms with E-state index in [0.717, 1.165) is 29.6 Å². The lowest BCUT2D eigenvalue weighted by molar-refractivity contribution is -0.133. The molecule has 0 unspecified atom stereocenters. The van der Waals surface area contributed by atoms with Crippen molar-refractivity contribution in [1.82, 2.24) is 29.9 Å². The third kappa shape index (κ3) is 5.41. The number of carbonyl (C=O) groups excluding carboxylic acids is 2. The predicted octanol–water partition coefficient (Wildman–Crippen LogP) is 4.13. The molecule has 0 radical (unpaired) electrons. The van der Waals surface area contributed by atoms with Gasteiger partial charge in [0.25, 0.3) is 0 Å². The number of para-hydroxylation sites is 1. The number of hydrogen-bond acceptors (Lipinski definition) is 7. The minimum absolute atomic E-state index is 0.0178. The third-order valence-corrected chi connectivity index (χ3v) is 7.64. The number of piperazine rings is 1. The molecule has 2 aromatic heterocycles. The minimum Gasteiger partial charge on any atom is -0.368 e. The molecule has 0 saturated carbocycles. The smallest absolute Gasteiger partial charge is 0.245 e. The van der Waals surface area contributed by atoms with Crippen LogP contribution in [-0.2, 0) is 9.59 Å². The number of aromatic nitrogens is 4. The van der Waals surface area contributed by atoms with Crippen LogP contribution in [0.1, 0.15) is 24.0 Å². The zero-order chi connectivity index (χ0) is 28.3. The maximum atomic E-state index is 12.9. The lowest BCUT2D eigenvalue weighted by atomic mass is 10.1. The molecular formula is C31H32N8O2. The number of benzene rings is 3. The van der Waals surface area contributed by atoms with Gasteiger partial charge in [-0.05, 0) is 43.2 Å². The first-order valence-electron chi connectivity index (χ1n) is 13.8. The van der Waals surface area contributed by atoms with Crippen molar-refractivity contribution >= 4 is 40.0 Å². The van der Waals surface area contributed by atoms with Gasteiger partial charge in [0.1, 0.15) is 0 Å². The number of fused-ring (bicyclic) bond motifs is 3. The topological polar surface area (TPSA) is 108 Å². The molecule has 3 heterocycles. The van der Waals surface area contributed by atoms with Crippen LogP contribution in [0, 0.1) is 13.8 Å². The second-order valence-corrected chi connectivity index (χ2v) is 10.2. The van der Waals surface area contributed by atoms with Gasteiger partial charge in [0.05, 0.1) is 5.52 Å². The molecule has 10 heteroatoms. The number of carbonyl (C=O) groups is 2. The van der Waals surface area contributed by atoms with Crippen molar-refractivity contribution in [2.45, 2.75) is 26.7 Å². The van der Waals surface area contributed by atoms with Crippen LogP contribution in [0.15, 0.2) is 72.8 Å². The van der Waals surface area contributed by atoms with Gasteiger partial charge in [-0.1, -0.05) is 54.6 Å². The van der Waals surface area contributed by atoms with Gasteiger partial charge in [-0.3, -0.25) is 20.4 Å². The fourth-order valence-corrected chi connectivity index (χ4v) is 5.19. The summed E-state index contributed by atoms with van der Waals surface area (Å²) < 4.78 is 1.59. The molecule has 10 nitrogen and oxygen atoms in total. The van der Waals surface area contributed by atoms with E-state index in [4.69, 9.17) is 4.98 Å². The van der Waals surface area contributed by atoms with Crippen LogP contribution in [0.25, 0.3) is 27.9 Å². The van der Waals surface area contributed by atoms with E-state index in [1.165, 1.54) is 16.8 Å². The quantitative estimate of drug-likeness (QED) is 0.295. The highest BCUT2D eigenvalue weighted by molar-refractivity contribution is 5.93. The Balaban J connectivity index is 1.08. The van der Waals surface area contributed by atoms with Gasteiger partial charge in [0.2, 0.25) is 17.8 Å². The van der Waals surface area contributed by atoms with Crippen LogP contribution in [0.2, 0.25) is 0 Å². The van der Waals surface area contributed by atoms with Crippen molar-refractivity contribution in [1.29, 1.82) is 0 Å². The van der Waals surface area contributed by atoms with E-state index >= 15 is 0 Å². The molecule has 1 fully saturated rings. The maximum absolute atomic E-state index is 12.9. The molecule has 0 aliphatic carbocycles. The van der Waals surface area contributed by atoms with Crippen LogP contribution in [0.4, 0.5) is 11.6 Å². The van der Waals surface area contributed by atoms with Crippen LogP contribution < -0.4 is 15.8 Å². The Bertz CT molecular complexity index is 1730. The SMILES string of the molecule is Cc1cccc(N2CCN(C(=O)CCC(=O)NNc3nc4ccccc4c4nc(-c5ccccc5)nn34)CC2)c1C. The number of aryl methyl sites for hydroxylation is 1. The van der Waals surface area contributed by atoms with Gasteiger partial charge in [-0.25, -0.2) is 9.97 Å². The number of amides is 2. The molecule has 3 aromatic carbocycles. The van der Waals surface area contributed by atoms with Crippen LogP contribution in [0.3, 0.4) is 0 Å². The number of hydrazine groups is 1. The lowest BCUT2D eigenvalue weighted by Crippen LogP contribution is -2.49. The van der Waals surface area contributed by atoms with Gasteiger partial charge in [0.15, 0.2) is 11.5 Å². The largest absolute Gasteiger partial charge is 0.368 e. The van der Waals surface area contributed by atoms with Gasteiger partial charge in [0, 0.05) is 55.7 Å². The highest BCUT2D eigenvalue weighted by Crippen LogP contribution is 2.25. The van der Waals surface area contributed by atoms with Gasteiger partial charge < -0.3 is 9.80 Å². The molecule has 1 saturated heterocycles. The lowest BCUT2D eigenvalue weighted by Gasteiger charge is -2.37. The fraction of sp³-hybridized carbons (Fsp3) is 0.258. The molecule has 1 aliphatic rings. The Morgan fingerprint density at radius 1 is 0.829 bits per heavy atom. The van der Waals surface area contributed by atoms with E-state index in [9.17, 15) is 9.59 Å². The normalized spacial score (nSPS) is 13.5. The van der Waals surface area contributed by atoms with E-state index in [1.54, 1.807) is 4.52 Å². The van der Waals surface area contributed by atoms with Crippen LogP contribution in [0.5, 0.6) is 0 Å². The highest BCUT2D eigenvalue weighted by atomic mass is 16.2. The van der Waals surface area contributed by atoms with Crippen molar-refractivity contribution in [3.8, 4) is 11.4 Å². The summed E-state index contributed by atoms with van der Waals surface area (Å²) in [7, 11) is 0. The third-order valence-electron chi connectivity index (χ3n) is 7.64. The summed E-state index contributed by atoms with van der Waals surface area (Å²) >= 11 is 0. The Morgan fingerprint density at radius 2 is 1.59 bits per heavy atom. The summed E-state index contributed by atoms with van der Waals surface area (Å²) in [5.74, 6) is 0.562. The molecular weight excluding hydrogens is 516 g/mol. The summed E-state index contributed by atoms with van der Waals surface area (Å²) in [5.41, 5.74) is 11.6. The number of nitrogens with one attached hydrogen (secondary N) is 2.